The van der Waals surface area contributed by atoms with Crippen LogP contribution >= 0.6 is 11.3 Å². The minimum Gasteiger partial charge on any atom is -0.459 e. The van der Waals surface area contributed by atoms with Crippen LogP contribution in [0.4, 0.5) is 5.69 Å². The fourth-order valence-corrected chi connectivity index (χ4v) is 6.43. The van der Waals surface area contributed by atoms with Gasteiger partial charge in [-0.1, -0.05) is 38.0 Å². The Morgan fingerprint density at radius 2 is 1.87 bits per heavy atom. The Hall–Kier alpha value is -4.01. The molecule has 3 aromatic heterocycles. The van der Waals surface area contributed by atoms with E-state index in [4.69, 9.17) is 15.1 Å². The summed E-state index contributed by atoms with van der Waals surface area (Å²) in [6.07, 6.45) is 6.45. The van der Waals surface area contributed by atoms with E-state index in [0.717, 1.165) is 26.7 Å². The molecule has 1 saturated carbocycles. The Morgan fingerprint density at radius 3 is 2.64 bits per heavy atom. The van der Waals surface area contributed by atoms with E-state index in [1.165, 1.54) is 48.8 Å². The molecule has 6 rings (SSSR count). The van der Waals surface area contributed by atoms with Crippen molar-refractivity contribution < 1.29 is 14.0 Å². The number of carbonyl (C=O) groups excluding carboxylic acids is 2. The highest BCUT2D eigenvalue weighted by molar-refractivity contribution is 7.20. The topological polar surface area (TPSA) is 110 Å². The van der Waals surface area contributed by atoms with Gasteiger partial charge in [0, 0.05) is 23.0 Å². The summed E-state index contributed by atoms with van der Waals surface area (Å²) in [6.45, 7) is 2.56. The van der Waals surface area contributed by atoms with Gasteiger partial charge < -0.3 is 20.8 Å². The molecule has 1 aliphatic carbocycles. The first-order chi connectivity index (χ1) is 18.9. The van der Waals surface area contributed by atoms with E-state index in [0.29, 0.717) is 10.6 Å². The van der Waals surface area contributed by atoms with Gasteiger partial charge in [-0.25, -0.2) is 4.98 Å². The third-order valence-electron chi connectivity index (χ3n) is 7.76. The predicted octanol–water partition coefficient (Wildman–Crippen LogP) is 6.56. The molecule has 0 saturated heterocycles. The monoisotopic (exact) mass is 538 g/mol. The molecule has 5 aromatic rings. The Balaban J connectivity index is 1.21. The highest BCUT2D eigenvalue weighted by atomic mass is 32.1. The molecule has 2 aromatic carbocycles. The number of hydrogen-bond donors (Lipinski definition) is 3. The molecule has 1 atom stereocenters. The van der Waals surface area contributed by atoms with E-state index < -0.39 is 6.04 Å². The molecule has 0 unspecified atom stereocenters. The van der Waals surface area contributed by atoms with E-state index >= 15 is 0 Å². The predicted molar refractivity (Wildman–Crippen MR) is 155 cm³/mol. The van der Waals surface area contributed by atoms with Crippen molar-refractivity contribution in [1.82, 2.24) is 10.3 Å². The molecule has 7 nitrogen and oxygen atoms in total. The Kier molecular flexibility index (Phi) is 6.66. The second-order valence-corrected chi connectivity index (χ2v) is 11.5. The summed E-state index contributed by atoms with van der Waals surface area (Å²) in [5.74, 6) is -0.333. The van der Waals surface area contributed by atoms with Crippen LogP contribution in [0.2, 0.25) is 0 Å². The van der Waals surface area contributed by atoms with Gasteiger partial charge in [0.2, 0.25) is 0 Å². The smallest absolute Gasteiger partial charge is 0.291 e. The normalized spacial score (nSPS) is 15.4. The Labute approximate surface area is 230 Å². The van der Waals surface area contributed by atoms with Crippen molar-refractivity contribution in [2.24, 2.45) is 5.73 Å². The fourth-order valence-electron chi connectivity index (χ4n) is 5.51. The Bertz CT molecular complexity index is 1670. The lowest BCUT2D eigenvalue weighted by Crippen LogP contribution is -2.33. The summed E-state index contributed by atoms with van der Waals surface area (Å²) in [5, 5.41) is 7.92. The number of anilines is 1. The van der Waals surface area contributed by atoms with Crippen LogP contribution in [0.5, 0.6) is 0 Å². The summed E-state index contributed by atoms with van der Waals surface area (Å²) in [6, 6.07) is 20.7. The molecular weight excluding hydrogens is 508 g/mol. The average molecular weight is 539 g/mol. The van der Waals surface area contributed by atoms with Crippen molar-refractivity contribution in [2.45, 2.75) is 44.1 Å². The molecule has 1 aliphatic rings. The van der Waals surface area contributed by atoms with Crippen molar-refractivity contribution >= 4 is 50.0 Å². The molecule has 198 valence electrons. The number of fused-ring (bicyclic) bond motifs is 2. The summed E-state index contributed by atoms with van der Waals surface area (Å²) in [5.41, 5.74) is 9.98. The highest BCUT2D eigenvalue weighted by Gasteiger charge is 2.30. The molecule has 39 heavy (non-hydrogen) atoms. The molecule has 2 amide bonds. The van der Waals surface area contributed by atoms with Crippen molar-refractivity contribution in [2.75, 3.05) is 11.9 Å². The summed E-state index contributed by atoms with van der Waals surface area (Å²) < 4.78 is 5.16. The van der Waals surface area contributed by atoms with Crippen molar-refractivity contribution in [3.8, 4) is 0 Å². The zero-order chi connectivity index (χ0) is 27.0. The van der Waals surface area contributed by atoms with E-state index in [1.807, 2.05) is 18.2 Å². The van der Waals surface area contributed by atoms with Crippen molar-refractivity contribution in [3.05, 3.63) is 94.8 Å². The second-order valence-electron chi connectivity index (χ2n) is 10.5. The first kappa shape index (κ1) is 25.3. The Morgan fingerprint density at radius 1 is 1.03 bits per heavy atom. The number of nitrogens with two attached hydrogens (primary N) is 1. The average Bonchev–Trinajstić information content (AvgIpc) is 3.71. The van der Waals surface area contributed by atoms with Gasteiger partial charge in [0.25, 0.3) is 11.8 Å². The van der Waals surface area contributed by atoms with E-state index in [1.54, 1.807) is 24.3 Å². The third kappa shape index (κ3) is 5.05. The first-order valence-corrected chi connectivity index (χ1v) is 14.0. The van der Waals surface area contributed by atoms with Crippen LogP contribution in [0.15, 0.2) is 77.4 Å². The van der Waals surface area contributed by atoms with Gasteiger partial charge in [0.1, 0.15) is 4.83 Å². The van der Waals surface area contributed by atoms with Gasteiger partial charge in [-0.05, 0) is 77.9 Å². The van der Waals surface area contributed by atoms with E-state index in [-0.39, 0.29) is 29.5 Å². The summed E-state index contributed by atoms with van der Waals surface area (Å²) in [4.78, 5) is 31.9. The molecular formula is C31H30N4O3S. The fraction of sp³-hybridized carbons (Fsp3) is 0.258. The number of benzene rings is 2. The largest absolute Gasteiger partial charge is 0.459 e. The molecule has 0 spiro atoms. The van der Waals surface area contributed by atoms with Crippen molar-refractivity contribution in [1.29, 1.82) is 0 Å². The van der Waals surface area contributed by atoms with Crippen LogP contribution in [0.25, 0.3) is 21.1 Å². The molecule has 0 aliphatic heterocycles. The molecule has 3 heterocycles. The molecule has 0 bridgehead atoms. The zero-order valence-corrected chi connectivity index (χ0v) is 22.5. The van der Waals surface area contributed by atoms with Gasteiger partial charge in [0.05, 0.1) is 22.7 Å². The number of thiophene rings is 1. The van der Waals surface area contributed by atoms with Crippen LogP contribution in [0.1, 0.15) is 70.0 Å². The lowest BCUT2D eigenvalue weighted by atomic mass is 9.80. The molecule has 4 N–H and O–H groups in total. The lowest BCUT2D eigenvalue weighted by molar-refractivity contribution is 0.0940. The van der Waals surface area contributed by atoms with Gasteiger partial charge in [-0.2, -0.15) is 0 Å². The van der Waals surface area contributed by atoms with Crippen LogP contribution in [0, 0.1) is 0 Å². The van der Waals surface area contributed by atoms with Gasteiger partial charge >= 0.3 is 0 Å². The number of hydrogen-bond acceptors (Lipinski definition) is 6. The zero-order valence-electron chi connectivity index (χ0n) is 21.7. The minimum absolute atomic E-state index is 0.204. The summed E-state index contributed by atoms with van der Waals surface area (Å²) >= 11 is 1.38. The number of rotatable bonds is 7. The maximum atomic E-state index is 13.3. The third-order valence-corrected chi connectivity index (χ3v) is 8.80. The van der Waals surface area contributed by atoms with E-state index in [2.05, 4.69) is 41.8 Å². The van der Waals surface area contributed by atoms with Gasteiger partial charge in [0.15, 0.2) is 5.76 Å². The number of pyridine rings is 1. The number of aromatic nitrogens is 1. The quantitative estimate of drug-likeness (QED) is 0.217. The maximum absolute atomic E-state index is 13.3. The van der Waals surface area contributed by atoms with E-state index in [9.17, 15) is 9.59 Å². The molecule has 0 radical (unpaired) electrons. The number of nitrogens with zero attached hydrogens (tertiary/aromatic N) is 1. The lowest BCUT2D eigenvalue weighted by Gasteiger charge is -2.24. The van der Waals surface area contributed by atoms with Gasteiger partial charge in [-0.15, -0.1) is 11.3 Å². The summed E-state index contributed by atoms with van der Waals surface area (Å²) in [7, 11) is 0. The maximum Gasteiger partial charge on any atom is 0.291 e. The highest BCUT2D eigenvalue weighted by Crippen LogP contribution is 2.41. The standard InChI is InChI=1S/C31H30N4O3S/c1-31(11-2-3-12-31)22-9-10-24-20(15-22)14-21-17-27(39-30(21)35-24)29(37)34-25(18-32)19-6-4-7-23(16-19)33-28(36)26-8-5-13-38-26/h4-10,13-17,25H,2-3,11-12,18,32H2,1H3,(H,33,36)(H,34,37)/t25-/m0/s1. The number of furan rings is 1. The number of nitrogens with one attached hydrogen (secondary N) is 2. The molecule has 1 fully saturated rings. The van der Waals surface area contributed by atoms with Crippen LogP contribution in [-0.2, 0) is 5.41 Å². The molecule has 8 heteroatoms. The SMILES string of the molecule is CC1(c2ccc3nc4sc(C(=O)N[C@@H](CN)c5cccc(NC(=O)c6ccco6)c5)cc4cc3c2)CCCC1. The number of amides is 2. The minimum atomic E-state index is -0.426. The van der Waals surface area contributed by atoms with Gasteiger partial charge in [-0.3, -0.25) is 9.59 Å². The number of carbonyl (C=O) groups is 2. The van der Waals surface area contributed by atoms with Crippen LogP contribution in [0.3, 0.4) is 0 Å². The van der Waals surface area contributed by atoms with Crippen molar-refractivity contribution in [3.63, 3.8) is 0 Å². The van der Waals surface area contributed by atoms with Crippen LogP contribution < -0.4 is 16.4 Å². The van der Waals surface area contributed by atoms with Crippen LogP contribution in [-0.4, -0.2) is 23.3 Å². The first-order valence-electron chi connectivity index (χ1n) is 13.2. The second kappa shape index (κ2) is 10.3.